The molecule has 0 aromatic rings. The van der Waals surface area contributed by atoms with Crippen molar-refractivity contribution in [2.45, 2.75) is 51.5 Å². The van der Waals surface area contributed by atoms with Crippen LogP contribution in [0.15, 0.2) is 0 Å². The van der Waals surface area contributed by atoms with Crippen LogP contribution in [0.25, 0.3) is 0 Å². The molecule has 0 aromatic heterocycles. The molecule has 0 radical (unpaired) electrons. The molecular formula is C13H19NO4. The van der Waals surface area contributed by atoms with E-state index in [0.717, 1.165) is 30.6 Å². The lowest BCUT2D eigenvalue weighted by Gasteiger charge is -2.22. The minimum absolute atomic E-state index is 0.259. The van der Waals surface area contributed by atoms with Crippen molar-refractivity contribution in [1.29, 1.82) is 0 Å². The summed E-state index contributed by atoms with van der Waals surface area (Å²) in [6, 6.07) is -0.972. The van der Waals surface area contributed by atoms with E-state index in [9.17, 15) is 19.5 Å². The zero-order chi connectivity index (χ0) is 13.3. The standard InChI is InChI=1S/C13H19NO4/c1-2-5-10(13(17)18)14-11(15)8-6-3-4-7-9(8)12(14)16/h8-10H,2-7H2,1H3,(H,17,18). The number of carbonyl (C=O) groups excluding carboxylic acids is 2. The lowest BCUT2D eigenvalue weighted by atomic mass is 9.81. The molecule has 0 spiro atoms. The van der Waals surface area contributed by atoms with E-state index in [1.807, 2.05) is 6.92 Å². The predicted octanol–water partition coefficient (Wildman–Crippen LogP) is 1.41. The molecule has 2 rings (SSSR count). The van der Waals surface area contributed by atoms with Crippen molar-refractivity contribution in [2.24, 2.45) is 11.8 Å². The third kappa shape index (κ3) is 2.02. The molecule has 1 saturated heterocycles. The second-order valence-electron chi connectivity index (χ2n) is 5.19. The first-order valence-corrected chi connectivity index (χ1v) is 6.67. The van der Waals surface area contributed by atoms with Gasteiger partial charge in [-0.15, -0.1) is 0 Å². The molecule has 2 fully saturated rings. The van der Waals surface area contributed by atoms with E-state index < -0.39 is 12.0 Å². The SMILES string of the molecule is CCCC(C(=O)O)N1C(=O)C2CCCCC2C1=O. The summed E-state index contributed by atoms with van der Waals surface area (Å²) in [4.78, 5) is 36.7. The van der Waals surface area contributed by atoms with Crippen LogP contribution >= 0.6 is 0 Å². The molecule has 0 aromatic carbocycles. The van der Waals surface area contributed by atoms with Crippen LogP contribution < -0.4 is 0 Å². The molecule has 100 valence electrons. The number of likely N-dealkylation sites (tertiary alicyclic amines) is 1. The van der Waals surface area contributed by atoms with Gasteiger partial charge in [0.05, 0.1) is 11.8 Å². The zero-order valence-corrected chi connectivity index (χ0v) is 10.6. The summed E-state index contributed by atoms with van der Waals surface area (Å²) in [5.74, 6) is -2.11. The van der Waals surface area contributed by atoms with E-state index in [1.165, 1.54) is 0 Å². The fourth-order valence-electron chi connectivity index (χ4n) is 3.13. The molecule has 1 saturated carbocycles. The molecule has 3 atom stereocenters. The molecule has 5 nitrogen and oxygen atoms in total. The third-order valence-electron chi connectivity index (χ3n) is 4.03. The van der Waals surface area contributed by atoms with Gasteiger partial charge in [0.1, 0.15) is 6.04 Å². The van der Waals surface area contributed by atoms with Gasteiger partial charge >= 0.3 is 5.97 Å². The van der Waals surface area contributed by atoms with Gasteiger partial charge in [-0.1, -0.05) is 26.2 Å². The average molecular weight is 253 g/mol. The van der Waals surface area contributed by atoms with Gasteiger partial charge in [0.25, 0.3) is 0 Å². The van der Waals surface area contributed by atoms with E-state index in [-0.39, 0.29) is 23.7 Å². The smallest absolute Gasteiger partial charge is 0.326 e. The van der Waals surface area contributed by atoms with Gasteiger partial charge in [-0.05, 0) is 19.3 Å². The number of amides is 2. The highest BCUT2D eigenvalue weighted by Gasteiger charge is 2.51. The minimum Gasteiger partial charge on any atom is -0.480 e. The summed E-state index contributed by atoms with van der Waals surface area (Å²) in [6.45, 7) is 1.86. The fourth-order valence-corrected chi connectivity index (χ4v) is 3.13. The molecule has 2 amide bonds. The number of carboxylic acid groups (broad SMARTS) is 1. The average Bonchev–Trinajstić information content (AvgIpc) is 2.60. The van der Waals surface area contributed by atoms with Gasteiger partial charge in [-0.25, -0.2) is 4.79 Å². The highest BCUT2D eigenvalue weighted by Crippen LogP contribution is 2.39. The topological polar surface area (TPSA) is 74.7 Å². The molecular weight excluding hydrogens is 234 g/mol. The van der Waals surface area contributed by atoms with E-state index in [2.05, 4.69) is 0 Å². The summed E-state index contributed by atoms with van der Waals surface area (Å²) >= 11 is 0. The number of hydrogen-bond acceptors (Lipinski definition) is 3. The molecule has 18 heavy (non-hydrogen) atoms. The Hall–Kier alpha value is -1.39. The quantitative estimate of drug-likeness (QED) is 0.769. The number of rotatable bonds is 4. The van der Waals surface area contributed by atoms with Crippen molar-refractivity contribution in [2.75, 3.05) is 0 Å². The summed E-state index contributed by atoms with van der Waals surface area (Å²) < 4.78 is 0. The Bertz CT molecular complexity index is 355. The number of hydrogen-bond donors (Lipinski definition) is 1. The van der Waals surface area contributed by atoms with Gasteiger partial charge in [-0.3, -0.25) is 14.5 Å². The number of aliphatic carboxylic acids is 1. The van der Waals surface area contributed by atoms with Crippen LogP contribution in [0, 0.1) is 11.8 Å². The lowest BCUT2D eigenvalue weighted by molar-refractivity contribution is -0.155. The van der Waals surface area contributed by atoms with Crippen molar-refractivity contribution in [3.05, 3.63) is 0 Å². The van der Waals surface area contributed by atoms with Gasteiger partial charge in [-0.2, -0.15) is 0 Å². The number of nitrogens with zero attached hydrogens (tertiary/aromatic N) is 1. The molecule has 1 heterocycles. The number of carboxylic acids is 1. The van der Waals surface area contributed by atoms with Crippen LogP contribution in [0.2, 0.25) is 0 Å². The molecule has 5 heteroatoms. The van der Waals surface area contributed by atoms with Crippen LogP contribution in [0.3, 0.4) is 0 Å². The second kappa shape index (κ2) is 5.08. The first kappa shape index (κ1) is 13.1. The van der Waals surface area contributed by atoms with Crippen molar-refractivity contribution >= 4 is 17.8 Å². The molecule has 0 bridgehead atoms. The lowest BCUT2D eigenvalue weighted by Crippen LogP contribution is -2.45. The summed E-state index contributed by atoms with van der Waals surface area (Å²) in [7, 11) is 0. The first-order valence-electron chi connectivity index (χ1n) is 6.67. The summed E-state index contributed by atoms with van der Waals surface area (Å²) in [6.07, 6.45) is 4.35. The van der Waals surface area contributed by atoms with Gasteiger partial charge in [0.15, 0.2) is 0 Å². The largest absolute Gasteiger partial charge is 0.480 e. The predicted molar refractivity (Wildman–Crippen MR) is 63.6 cm³/mol. The van der Waals surface area contributed by atoms with Gasteiger partial charge in [0, 0.05) is 0 Å². The second-order valence-corrected chi connectivity index (χ2v) is 5.19. The van der Waals surface area contributed by atoms with Crippen molar-refractivity contribution in [3.63, 3.8) is 0 Å². The van der Waals surface area contributed by atoms with Crippen LogP contribution in [-0.4, -0.2) is 33.8 Å². The maximum absolute atomic E-state index is 12.2. The monoisotopic (exact) mass is 253 g/mol. The van der Waals surface area contributed by atoms with E-state index in [0.29, 0.717) is 12.8 Å². The Morgan fingerprint density at radius 3 is 2.17 bits per heavy atom. The number of carbonyl (C=O) groups is 3. The Labute approximate surface area is 106 Å². The van der Waals surface area contributed by atoms with Crippen LogP contribution in [0.1, 0.15) is 45.4 Å². The highest BCUT2D eigenvalue weighted by atomic mass is 16.4. The molecule has 2 aliphatic rings. The molecule has 1 aliphatic carbocycles. The van der Waals surface area contributed by atoms with Crippen LogP contribution in [-0.2, 0) is 14.4 Å². The minimum atomic E-state index is -1.07. The Balaban J connectivity index is 2.24. The van der Waals surface area contributed by atoms with E-state index in [1.54, 1.807) is 0 Å². The van der Waals surface area contributed by atoms with Crippen LogP contribution in [0.5, 0.6) is 0 Å². The highest BCUT2D eigenvalue weighted by molar-refractivity contribution is 6.07. The van der Waals surface area contributed by atoms with Crippen molar-refractivity contribution in [1.82, 2.24) is 4.90 Å². The fraction of sp³-hybridized carbons (Fsp3) is 0.769. The zero-order valence-electron chi connectivity index (χ0n) is 10.6. The molecule has 3 unspecified atom stereocenters. The Kier molecular flexibility index (Phi) is 3.68. The van der Waals surface area contributed by atoms with Gasteiger partial charge in [0.2, 0.25) is 11.8 Å². The summed E-state index contributed by atoms with van der Waals surface area (Å²) in [5, 5.41) is 9.19. The van der Waals surface area contributed by atoms with Crippen LogP contribution in [0.4, 0.5) is 0 Å². The van der Waals surface area contributed by atoms with E-state index >= 15 is 0 Å². The number of imide groups is 1. The van der Waals surface area contributed by atoms with Crippen molar-refractivity contribution in [3.8, 4) is 0 Å². The maximum atomic E-state index is 12.2. The first-order chi connectivity index (χ1) is 8.57. The Morgan fingerprint density at radius 1 is 1.28 bits per heavy atom. The van der Waals surface area contributed by atoms with Gasteiger partial charge < -0.3 is 5.11 Å². The normalized spacial score (nSPS) is 29.3. The number of fused-ring (bicyclic) bond motifs is 1. The Morgan fingerprint density at radius 2 is 1.78 bits per heavy atom. The maximum Gasteiger partial charge on any atom is 0.326 e. The van der Waals surface area contributed by atoms with Crippen molar-refractivity contribution < 1.29 is 19.5 Å². The molecule has 1 aliphatic heterocycles. The van der Waals surface area contributed by atoms with E-state index in [4.69, 9.17) is 0 Å². The summed E-state index contributed by atoms with van der Waals surface area (Å²) in [5.41, 5.74) is 0. The molecule has 1 N–H and O–H groups in total. The third-order valence-corrected chi connectivity index (χ3v) is 4.03.